The van der Waals surface area contributed by atoms with Crippen LogP contribution >= 0.6 is 0 Å². The smallest absolute Gasteiger partial charge is 0.168 e. The third-order valence-electron chi connectivity index (χ3n) is 9.41. The number of ether oxygens (including phenoxy) is 2. The predicted molar refractivity (Wildman–Crippen MR) is 100 cm³/mol. The topological polar surface area (TPSA) is 18.5 Å². The molecule has 2 nitrogen and oxygen atoms in total. The van der Waals surface area contributed by atoms with Crippen LogP contribution in [0.2, 0.25) is 0 Å². The molecule has 0 bridgehead atoms. The number of fused-ring (bicyclic) bond motifs is 5. The number of rotatable bonds is 2. The quantitative estimate of drug-likeness (QED) is 0.609. The van der Waals surface area contributed by atoms with E-state index in [1.807, 2.05) is 0 Å². The average Bonchev–Trinajstić information content (AvgIpc) is 3.20. The maximum Gasteiger partial charge on any atom is 0.168 e. The van der Waals surface area contributed by atoms with Crippen molar-refractivity contribution in [2.75, 3.05) is 13.2 Å². The van der Waals surface area contributed by atoms with Gasteiger partial charge in [-0.1, -0.05) is 13.0 Å². The van der Waals surface area contributed by atoms with Crippen molar-refractivity contribution < 1.29 is 9.47 Å². The summed E-state index contributed by atoms with van der Waals surface area (Å²) in [4.78, 5) is 0. The number of hydrogen-bond acceptors (Lipinski definition) is 2. The predicted octanol–water partition coefficient (Wildman–Crippen LogP) is 5.57. The molecule has 1 heterocycles. The van der Waals surface area contributed by atoms with Gasteiger partial charge in [-0.2, -0.15) is 0 Å². The van der Waals surface area contributed by atoms with Gasteiger partial charge < -0.3 is 9.47 Å². The number of allylic oxidation sites excluding steroid dienone is 1. The minimum atomic E-state index is -0.181. The molecule has 4 aliphatic carbocycles. The summed E-state index contributed by atoms with van der Waals surface area (Å²) in [6.45, 7) is 8.30. The summed E-state index contributed by atoms with van der Waals surface area (Å²) in [7, 11) is 0. The lowest BCUT2D eigenvalue weighted by molar-refractivity contribution is -0.209. The van der Waals surface area contributed by atoms with Gasteiger partial charge >= 0.3 is 0 Å². The molecule has 3 unspecified atom stereocenters. The van der Waals surface area contributed by atoms with E-state index >= 15 is 0 Å². The first-order valence-electron chi connectivity index (χ1n) is 11.0. The van der Waals surface area contributed by atoms with Crippen molar-refractivity contribution in [3.63, 3.8) is 0 Å². The van der Waals surface area contributed by atoms with Crippen LogP contribution in [0.1, 0.15) is 71.1 Å². The van der Waals surface area contributed by atoms with Crippen molar-refractivity contribution in [1.82, 2.24) is 0 Å². The zero-order valence-corrected chi connectivity index (χ0v) is 16.1. The summed E-state index contributed by atoms with van der Waals surface area (Å²) in [5, 5.41) is 0. The fraction of sp³-hybridized carbons (Fsp3) is 0.913. The summed E-state index contributed by atoms with van der Waals surface area (Å²) in [5.41, 5.74) is 0.607. The van der Waals surface area contributed by atoms with E-state index in [0.29, 0.717) is 5.41 Å². The van der Waals surface area contributed by atoms with Crippen LogP contribution in [0.3, 0.4) is 0 Å². The van der Waals surface area contributed by atoms with Gasteiger partial charge in [-0.3, -0.25) is 0 Å². The summed E-state index contributed by atoms with van der Waals surface area (Å²) < 4.78 is 12.1. The molecule has 0 amide bonds. The Morgan fingerprint density at radius 3 is 2.52 bits per heavy atom. The van der Waals surface area contributed by atoms with Crippen LogP contribution in [-0.4, -0.2) is 19.0 Å². The molecule has 0 aromatic rings. The normalized spacial score (nSPS) is 50.9. The molecule has 1 saturated heterocycles. The van der Waals surface area contributed by atoms with Crippen molar-refractivity contribution in [2.24, 2.45) is 40.9 Å². The molecule has 5 fully saturated rings. The first kappa shape index (κ1) is 16.8. The van der Waals surface area contributed by atoms with E-state index < -0.39 is 0 Å². The first-order chi connectivity index (χ1) is 12.2. The molecule has 2 heteroatoms. The van der Waals surface area contributed by atoms with Crippen molar-refractivity contribution in [1.29, 1.82) is 0 Å². The lowest BCUT2D eigenvalue weighted by Gasteiger charge is -2.57. The molecule has 7 atom stereocenters. The van der Waals surface area contributed by atoms with Crippen LogP contribution in [-0.2, 0) is 9.47 Å². The third kappa shape index (κ3) is 2.50. The third-order valence-corrected chi connectivity index (χ3v) is 9.41. The molecule has 0 aromatic carbocycles. The zero-order valence-electron chi connectivity index (χ0n) is 16.1. The van der Waals surface area contributed by atoms with E-state index in [4.69, 9.17) is 9.47 Å². The maximum atomic E-state index is 6.06. The second kappa shape index (κ2) is 6.09. The summed E-state index contributed by atoms with van der Waals surface area (Å²) >= 11 is 0. The van der Waals surface area contributed by atoms with Crippen molar-refractivity contribution in [3.8, 4) is 0 Å². The Bertz CT molecular complexity index is 522. The highest BCUT2D eigenvalue weighted by molar-refractivity contribution is 5.07. The molecule has 140 valence electrons. The summed E-state index contributed by atoms with van der Waals surface area (Å²) in [6.07, 6.45) is 15.9. The minimum absolute atomic E-state index is 0.181. The molecule has 0 aromatic heterocycles. The second-order valence-electron chi connectivity index (χ2n) is 10.1. The Hall–Kier alpha value is -0.340. The molecule has 0 radical (unpaired) electrons. The molecule has 0 N–H and O–H groups in total. The van der Waals surface area contributed by atoms with Crippen LogP contribution < -0.4 is 0 Å². The Labute approximate surface area is 153 Å². The SMILES string of the molecule is C=CCC1CCC2[C@@H]3CC[C@@H]4CC5(CC[C@@H]4C3CC[C@]12C)OCCO5. The average molecular weight is 345 g/mol. The van der Waals surface area contributed by atoms with Gasteiger partial charge in [-0.15, -0.1) is 6.58 Å². The van der Waals surface area contributed by atoms with Gasteiger partial charge in [0.05, 0.1) is 13.2 Å². The molecule has 1 spiro atoms. The van der Waals surface area contributed by atoms with E-state index in [0.717, 1.165) is 55.1 Å². The van der Waals surface area contributed by atoms with Crippen LogP contribution in [0.15, 0.2) is 12.7 Å². The molecular formula is C23H36O2. The Morgan fingerprint density at radius 2 is 1.72 bits per heavy atom. The Kier molecular flexibility index (Phi) is 4.09. The molecule has 25 heavy (non-hydrogen) atoms. The van der Waals surface area contributed by atoms with Gasteiger partial charge in [0.2, 0.25) is 0 Å². The molecule has 5 aliphatic rings. The van der Waals surface area contributed by atoms with Crippen LogP contribution in [0.4, 0.5) is 0 Å². The largest absolute Gasteiger partial charge is 0.348 e. The van der Waals surface area contributed by atoms with Crippen molar-refractivity contribution in [2.45, 2.75) is 76.9 Å². The monoisotopic (exact) mass is 344 g/mol. The molecule has 1 aliphatic heterocycles. The lowest BCUT2D eigenvalue weighted by atomic mass is 9.49. The van der Waals surface area contributed by atoms with E-state index in [1.165, 1.54) is 57.8 Å². The molecular weight excluding hydrogens is 308 g/mol. The van der Waals surface area contributed by atoms with Gasteiger partial charge in [0.15, 0.2) is 5.79 Å². The van der Waals surface area contributed by atoms with E-state index in [-0.39, 0.29) is 5.79 Å². The van der Waals surface area contributed by atoms with E-state index in [2.05, 4.69) is 19.6 Å². The fourth-order valence-corrected chi connectivity index (χ4v) is 8.28. The van der Waals surface area contributed by atoms with E-state index in [9.17, 15) is 0 Å². The first-order valence-corrected chi connectivity index (χ1v) is 11.0. The standard InChI is InChI=1S/C23H36O2/c1-3-4-17-6-8-21-20-7-5-16-15-23(24-13-14-25-23)12-10-18(16)19(20)9-11-22(17,21)2/h3,16-21H,1,4-15H2,2H3/t16-,17?,18+,19?,20-,21?,22-/m1/s1. The second-order valence-corrected chi connectivity index (χ2v) is 10.1. The van der Waals surface area contributed by atoms with Gasteiger partial charge in [0, 0.05) is 12.8 Å². The van der Waals surface area contributed by atoms with Gasteiger partial charge in [0.25, 0.3) is 0 Å². The maximum absolute atomic E-state index is 6.06. The number of hydrogen-bond donors (Lipinski definition) is 0. The molecule has 4 saturated carbocycles. The minimum Gasteiger partial charge on any atom is -0.348 e. The zero-order chi connectivity index (χ0) is 17.1. The van der Waals surface area contributed by atoms with Gasteiger partial charge in [-0.25, -0.2) is 0 Å². The van der Waals surface area contributed by atoms with Crippen molar-refractivity contribution in [3.05, 3.63) is 12.7 Å². The highest BCUT2D eigenvalue weighted by Crippen LogP contribution is 2.65. The van der Waals surface area contributed by atoms with Crippen LogP contribution in [0.25, 0.3) is 0 Å². The summed E-state index contributed by atoms with van der Waals surface area (Å²) in [5.74, 6) is 5.55. The molecule has 5 rings (SSSR count). The lowest BCUT2D eigenvalue weighted by Crippen LogP contribution is -2.51. The van der Waals surface area contributed by atoms with Gasteiger partial charge in [-0.05, 0) is 92.3 Å². The fourth-order valence-electron chi connectivity index (χ4n) is 8.28. The highest BCUT2D eigenvalue weighted by atomic mass is 16.7. The summed E-state index contributed by atoms with van der Waals surface area (Å²) in [6, 6.07) is 0. The van der Waals surface area contributed by atoms with Crippen LogP contribution in [0.5, 0.6) is 0 Å². The van der Waals surface area contributed by atoms with Crippen molar-refractivity contribution >= 4 is 0 Å². The van der Waals surface area contributed by atoms with E-state index in [1.54, 1.807) is 0 Å². The Morgan fingerprint density at radius 1 is 0.920 bits per heavy atom. The van der Waals surface area contributed by atoms with Gasteiger partial charge in [0.1, 0.15) is 0 Å². The Balaban J connectivity index is 1.33. The van der Waals surface area contributed by atoms with Crippen LogP contribution in [0, 0.1) is 40.9 Å². The highest BCUT2D eigenvalue weighted by Gasteiger charge is 2.58.